The molecule has 2 rings (SSSR count). The first kappa shape index (κ1) is 13.4. The van der Waals surface area contributed by atoms with Gasteiger partial charge in [-0.15, -0.1) is 0 Å². The molecule has 0 fully saturated rings. The summed E-state index contributed by atoms with van der Waals surface area (Å²) in [5.74, 6) is 0.170. The van der Waals surface area contributed by atoms with E-state index >= 15 is 0 Å². The Morgan fingerprint density at radius 3 is 2.58 bits per heavy atom. The van der Waals surface area contributed by atoms with Crippen molar-refractivity contribution in [2.24, 2.45) is 0 Å². The van der Waals surface area contributed by atoms with Crippen LogP contribution in [0, 0.1) is 13.8 Å². The van der Waals surface area contributed by atoms with Gasteiger partial charge in [0.25, 0.3) is 10.0 Å². The van der Waals surface area contributed by atoms with Crippen LogP contribution in [0.5, 0.6) is 0 Å². The van der Waals surface area contributed by atoms with Crippen LogP contribution in [0.1, 0.15) is 11.1 Å². The van der Waals surface area contributed by atoms with Gasteiger partial charge in [-0.2, -0.15) is 0 Å². The SMILES string of the molecule is Cc1ccc(C)c(NS(=O)(=O)c2ccnc(N)c2)c1. The largest absolute Gasteiger partial charge is 0.384 e. The summed E-state index contributed by atoms with van der Waals surface area (Å²) >= 11 is 0. The second-order valence-corrected chi connectivity index (χ2v) is 6.02. The third-order valence-electron chi connectivity index (χ3n) is 2.70. The van der Waals surface area contributed by atoms with Crippen LogP contribution in [0.2, 0.25) is 0 Å². The second kappa shape index (κ2) is 4.89. The van der Waals surface area contributed by atoms with Crippen LogP contribution in [-0.4, -0.2) is 13.4 Å². The van der Waals surface area contributed by atoms with Crippen LogP contribution in [0.4, 0.5) is 11.5 Å². The predicted molar refractivity (Wildman–Crippen MR) is 75.4 cm³/mol. The van der Waals surface area contributed by atoms with E-state index < -0.39 is 10.0 Å². The first-order valence-electron chi connectivity index (χ1n) is 5.70. The second-order valence-electron chi connectivity index (χ2n) is 4.34. The third-order valence-corrected chi connectivity index (χ3v) is 4.06. The quantitative estimate of drug-likeness (QED) is 0.899. The Kier molecular flexibility index (Phi) is 3.44. The van der Waals surface area contributed by atoms with Gasteiger partial charge in [-0.1, -0.05) is 12.1 Å². The van der Waals surface area contributed by atoms with Gasteiger partial charge in [0.2, 0.25) is 0 Å². The Hall–Kier alpha value is -2.08. The van der Waals surface area contributed by atoms with Gasteiger partial charge in [0.05, 0.1) is 10.6 Å². The van der Waals surface area contributed by atoms with E-state index in [2.05, 4.69) is 9.71 Å². The van der Waals surface area contributed by atoms with Crippen molar-refractivity contribution in [1.82, 2.24) is 4.98 Å². The number of sulfonamides is 1. The van der Waals surface area contributed by atoms with Gasteiger partial charge in [0.1, 0.15) is 5.82 Å². The molecule has 0 spiro atoms. The summed E-state index contributed by atoms with van der Waals surface area (Å²) in [6.45, 7) is 3.75. The molecule has 0 amide bonds. The van der Waals surface area contributed by atoms with Crippen molar-refractivity contribution in [1.29, 1.82) is 0 Å². The number of benzene rings is 1. The van der Waals surface area contributed by atoms with Crippen molar-refractivity contribution in [2.75, 3.05) is 10.5 Å². The first-order chi connectivity index (χ1) is 8.88. The normalized spacial score (nSPS) is 11.3. The monoisotopic (exact) mass is 277 g/mol. The molecule has 0 aliphatic carbocycles. The zero-order valence-electron chi connectivity index (χ0n) is 10.7. The molecular formula is C13H15N3O2S. The molecule has 0 aliphatic rings. The molecule has 100 valence electrons. The fraction of sp³-hybridized carbons (Fsp3) is 0.154. The van der Waals surface area contributed by atoms with Crippen molar-refractivity contribution in [2.45, 2.75) is 18.7 Å². The minimum atomic E-state index is -3.65. The fourth-order valence-corrected chi connectivity index (χ4v) is 2.79. The molecule has 5 nitrogen and oxygen atoms in total. The average molecular weight is 277 g/mol. The van der Waals surface area contributed by atoms with E-state index in [4.69, 9.17) is 5.73 Å². The van der Waals surface area contributed by atoms with Gasteiger partial charge in [0.15, 0.2) is 0 Å². The molecule has 1 heterocycles. The van der Waals surface area contributed by atoms with Crippen LogP contribution in [0.3, 0.4) is 0 Å². The number of nitrogens with one attached hydrogen (secondary N) is 1. The maximum absolute atomic E-state index is 12.2. The van der Waals surface area contributed by atoms with E-state index in [0.29, 0.717) is 5.69 Å². The van der Waals surface area contributed by atoms with Crippen LogP contribution in [0.15, 0.2) is 41.4 Å². The lowest BCUT2D eigenvalue weighted by molar-refractivity contribution is 0.601. The minimum absolute atomic E-state index is 0.0981. The third kappa shape index (κ3) is 3.03. The van der Waals surface area contributed by atoms with Gasteiger partial charge in [0, 0.05) is 12.3 Å². The molecular weight excluding hydrogens is 262 g/mol. The lowest BCUT2D eigenvalue weighted by atomic mass is 10.1. The highest BCUT2D eigenvalue weighted by atomic mass is 32.2. The molecule has 1 aromatic carbocycles. The molecule has 0 saturated carbocycles. The zero-order valence-corrected chi connectivity index (χ0v) is 11.5. The number of anilines is 2. The first-order valence-corrected chi connectivity index (χ1v) is 7.18. The maximum atomic E-state index is 12.2. The summed E-state index contributed by atoms with van der Waals surface area (Å²) in [4.78, 5) is 3.88. The molecule has 0 saturated heterocycles. The number of nitrogen functional groups attached to an aromatic ring is 1. The van der Waals surface area contributed by atoms with Gasteiger partial charge < -0.3 is 5.73 Å². The lowest BCUT2D eigenvalue weighted by Gasteiger charge is -2.11. The van der Waals surface area contributed by atoms with Gasteiger partial charge in [-0.05, 0) is 37.1 Å². The highest BCUT2D eigenvalue weighted by Crippen LogP contribution is 2.21. The summed E-state index contributed by atoms with van der Waals surface area (Å²) in [5.41, 5.74) is 7.91. The fourth-order valence-electron chi connectivity index (χ4n) is 1.64. The summed E-state index contributed by atoms with van der Waals surface area (Å²) in [7, 11) is -3.65. The molecule has 3 N–H and O–H groups in total. The summed E-state index contributed by atoms with van der Waals surface area (Å²) < 4.78 is 27.0. The van der Waals surface area contributed by atoms with Gasteiger partial charge in [-0.25, -0.2) is 13.4 Å². The molecule has 0 radical (unpaired) electrons. The highest BCUT2D eigenvalue weighted by Gasteiger charge is 2.15. The van der Waals surface area contributed by atoms with Crippen molar-refractivity contribution in [3.63, 3.8) is 0 Å². The Morgan fingerprint density at radius 2 is 1.89 bits per heavy atom. The molecule has 0 aliphatic heterocycles. The number of hydrogen-bond acceptors (Lipinski definition) is 4. The van der Waals surface area contributed by atoms with E-state index in [1.807, 2.05) is 26.0 Å². The van der Waals surface area contributed by atoms with E-state index in [1.54, 1.807) is 6.07 Å². The van der Waals surface area contributed by atoms with Crippen LogP contribution < -0.4 is 10.5 Å². The van der Waals surface area contributed by atoms with E-state index in [-0.39, 0.29) is 10.7 Å². The number of hydrogen-bond donors (Lipinski definition) is 2. The molecule has 0 bridgehead atoms. The number of nitrogens with zero attached hydrogens (tertiary/aromatic N) is 1. The van der Waals surface area contributed by atoms with E-state index in [0.717, 1.165) is 11.1 Å². The molecule has 1 aromatic heterocycles. The Labute approximate surface area is 112 Å². The summed E-state index contributed by atoms with van der Waals surface area (Å²) in [6, 6.07) is 8.32. The smallest absolute Gasteiger partial charge is 0.262 e. The average Bonchev–Trinajstić information content (AvgIpc) is 2.33. The van der Waals surface area contributed by atoms with Gasteiger partial charge >= 0.3 is 0 Å². The van der Waals surface area contributed by atoms with Gasteiger partial charge in [-0.3, -0.25) is 4.72 Å². The van der Waals surface area contributed by atoms with Crippen molar-refractivity contribution in [3.8, 4) is 0 Å². The minimum Gasteiger partial charge on any atom is -0.384 e. The number of pyridine rings is 1. The van der Waals surface area contributed by atoms with Crippen molar-refractivity contribution in [3.05, 3.63) is 47.7 Å². The summed E-state index contributed by atoms with van der Waals surface area (Å²) in [5, 5.41) is 0. The molecule has 19 heavy (non-hydrogen) atoms. The molecule has 0 unspecified atom stereocenters. The lowest BCUT2D eigenvalue weighted by Crippen LogP contribution is -2.14. The van der Waals surface area contributed by atoms with E-state index in [9.17, 15) is 8.42 Å². The zero-order chi connectivity index (χ0) is 14.0. The Morgan fingerprint density at radius 1 is 1.16 bits per heavy atom. The molecule has 2 aromatic rings. The Balaban J connectivity index is 2.39. The summed E-state index contributed by atoms with van der Waals surface area (Å²) in [6.07, 6.45) is 1.37. The Bertz CT molecular complexity index is 712. The van der Waals surface area contributed by atoms with Crippen LogP contribution >= 0.6 is 0 Å². The predicted octanol–water partition coefficient (Wildman–Crippen LogP) is 2.08. The number of rotatable bonds is 3. The van der Waals surface area contributed by atoms with Crippen molar-refractivity contribution < 1.29 is 8.42 Å². The maximum Gasteiger partial charge on any atom is 0.262 e. The van der Waals surface area contributed by atoms with Crippen molar-refractivity contribution >= 4 is 21.5 Å². The molecule has 0 atom stereocenters. The standard InChI is InChI=1S/C13H15N3O2S/c1-9-3-4-10(2)12(7-9)16-19(17,18)11-5-6-15-13(14)8-11/h3-8,16H,1-2H3,(H2,14,15). The molecule has 6 heteroatoms. The van der Waals surface area contributed by atoms with Crippen LogP contribution in [-0.2, 0) is 10.0 Å². The van der Waals surface area contributed by atoms with E-state index in [1.165, 1.54) is 18.3 Å². The number of aromatic nitrogens is 1. The highest BCUT2D eigenvalue weighted by molar-refractivity contribution is 7.92. The number of nitrogens with two attached hydrogens (primary N) is 1. The number of aryl methyl sites for hydroxylation is 2. The van der Waals surface area contributed by atoms with Crippen LogP contribution in [0.25, 0.3) is 0 Å². The topological polar surface area (TPSA) is 85.1 Å².